The molecule has 0 spiro atoms. The van der Waals surface area contributed by atoms with E-state index in [0.29, 0.717) is 11.2 Å². The molecule has 1 aromatic carbocycles. The zero-order chi connectivity index (χ0) is 14.9. The predicted octanol–water partition coefficient (Wildman–Crippen LogP) is 3.79. The molecule has 1 aromatic rings. The summed E-state index contributed by atoms with van der Waals surface area (Å²) in [6.07, 6.45) is 8.37. The lowest BCUT2D eigenvalue weighted by atomic mass is 9.96. The molecule has 0 radical (unpaired) electrons. The Morgan fingerprint density at radius 3 is 2.62 bits per heavy atom. The Morgan fingerprint density at radius 1 is 1.19 bits per heavy atom. The average Bonchev–Trinajstić information content (AvgIpc) is 2.53. The number of rotatable bonds is 5. The van der Waals surface area contributed by atoms with Crippen LogP contribution in [0, 0.1) is 0 Å². The quantitative estimate of drug-likeness (QED) is 0.493. The van der Waals surface area contributed by atoms with Gasteiger partial charge in [0.1, 0.15) is 0 Å². The lowest BCUT2D eigenvalue weighted by molar-refractivity contribution is 0.412. The van der Waals surface area contributed by atoms with Gasteiger partial charge in [0.15, 0.2) is 5.11 Å². The number of benzene rings is 1. The Balaban J connectivity index is 1.68. The van der Waals surface area contributed by atoms with E-state index < -0.39 is 0 Å². The number of aryl methyl sites for hydroxylation is 1. The Labute approximate surface area is 133 Å². The van der Waals surface area contributed by atoms with Crippen molar-refractivity contribution >= 4 is 23.0 Å². The monoisotopic (exact) mass is 303 g/mol. The molecule has 114 valence electrons. The summed E-state index contributed by atoms with van der Waals surface area (Å²) < 4.78 is 0. The summed E-state index contributed by atoms with van der Waals surface area (Å²) in [6.45, 7) is 2.04. The summed E-state index contributed by atoms with van der Waals surface area (Å²) in [5, 5.41) is 8.38. The van der Waals surface area contributed by atoms with Gasteiger partial charge in [-0.1, -0.05) is 49.6 Å². The van der Waals surface area contributed by atoms with Crippen LogP contribution in [0.3, 0.4) is 0 Å². The van der Waals surface area contributed by atoms with Crippen molar-refractivity contribution in [2.24, 2.45) is 5.10 Å². The van der Waals surface area contributed by atoms with Crippen LogP contribution in [0.25, 0.3) is 0 Å². The fourth-order valence-corrected chi connectivity index (χ4v) is 2.85. The minimum Gasteiger partial charge on any atom is -0.359 e. The predicted molar refractivity (Wildman–Crippen MR) is 93.6 cm³/mol. The lowest BCUT2D eigenvalue weighted by Crippen LogP contribution is -2.41. The van der Waals surface area contributed by atoms with Gasteiger partial charge in [0.05, 0.1) is 0 Å². The fraction of sp³-hybridized carbons (Fsp3) is 0.529. The van der Waals surface area contributed by atoms with Gasteiger partial charge in [-0.05, 0) is 50.4 Å². The van der Waals surface area contributed by atoms with Gasteiger partial charge in [-0.15, -0.1) is 0 Å². The molecule has 0 atom stereocenters. The SMILES string of the molecule is C/C(CCc1ccccc1)=N/NC(=S)NC1CCCCC1. The Morgan fingerprint density at radius 2 is 1.90 bits per heavy atom. The molecule has 0 aromatic heterocycles. The zero-order valence-electron chi connectivity index (χ0n) is 12.8. The average molecular weight is 303 g/mol. The van der Waals surface area contributed by atoms with Crippen molar-refractivity contribution in [3.8, 4) is 0 Å². The molecule has 1 aliphatic carbocycles. The second-order valence-electron chi connectivity index (χ2n) is 5.75. The van der Waals surface area contributed by atoms with E-state index in [4.69, 9.17) is 12.2 Å². The van der Waals surface area contributed by atoms with Crippen LogP contribution in [0.1, 0.15) is 51.0 Å². The van der Waals surface area contributed by atoms with Crippen molar-refractivity contribution in [2.45, 2.75) is 57.9 Å². The second-order valence-corrected chi connectivity index (χ2v) is 6.16. The highest BCUT2D eigenvalue weighted by molar-refractivity contribution is 7.80. The molecule has 1 aliphatic rings. The first kappa shape index (κ1) is 16.0. The molecule has 0 unspecified atom stereocenters. The van der Waals surface area contributed by atoms with Gasteiger partial charge < -0.3 is 5.32 Å². The Bertz CT molecular complexity index is 464. The van der Waals surface area contributed by atoms with Gasteiger partial charge in [-0.25, -0.2) is 0 Å². The minimum atomic E-state index is 0.526. The van der Waals surface area contributed by atoms with E-state index in [0.717, 1.165) is 18.6 Å². The number of nitrogens with one attached hydrogen (secondary N) is 2. The summed E-state index contributed by atoms with van der Waals surface area (Å²) in [4.78, 5) is 0. The van der Waals surface area contributed by atoms with Crippen LogP contribution in [-0.4, -0.2) is 16.9 Å². The van der Waals surface area contributed by atoms with Gasteiger partial charge in [0.2, 0.25) is 0 Å². The molecule has 4 heteroatoms. The molecule has 21 heavy (non-hydrogen) atoms. The van der Waals surface area contributed by atoms with Crippen molar-refractivity contribution in [3.63, 3.8) is 0 Å². The summed E-state index contributed by atoms with van der Waals surface area (Å²) in [6, 6.07) is 11.0. The highest BCUT2D eigenvalue weighted by Crippen LogP contribution is 2.17. The van der Waals surface area contributed by atoms with Crippen molar-refractivity contribution in [1.82, 2.24) is 10.7 Å². The molecule has 0 amide bonds. The molecular weight excluding hydrogens is 278 g/mol. The molecule has 0 saturated heterocycles. The van der Waals surface area contributed by atoms with Crippen molar-refractivity contribution in [2.75, 3.05) is 0 Å². The van der Waals surface area contributed by atoms with E-state index in [-0.39, 0.29) is 0 Å². The number of nitrogens with zero attached hydrogens (tertiary/aromatic N) is 1. The van der Waals surface area contributed by atoms with Gasteiger partial charge in [0.25, 0.3) is 0 Å². The van der Waals surface area contributed by atoms with Gasteiger partial charge in [-0.3, -0.25) is 5.43 Å². The summed E-state index contributed by atoms with van der Waals surface area (Å²) in [5.41, 5.74) is 5.39. The van der Waals surface area contributed by atoms with Crippen LogP contribution in [0.5, 0.6) is 0 Å². The van der Waals surface area contributed by atoms with E-state index in [2.05, 4.69) is 40.1 Å². The maximum atomic E-state index is 5.30. The van der Waals surface area contributed by atoms with E-state index in [1.165, 1.54) is 37.7 Å². The molecule has 1 fully saturated rings. The van der Waals surface area contributed by atoms with E-state index in [1.54, 1.807) is 0 Å². The first-order valence-electron chi connectivity index (χ1n) is 7.87. The standard InChI is InChI=1S/C17H25N3S/c1-14(12-13-15-8-4-2-5-9-15)19-20-17(21)18-16-10-6-3-7-11-16/h2,4-5,8-9,16H,3,6-7,10-13H2,1H3,(H2,18,20,21)/b19-14-. The van der Waals surface area contributed by atoms with Crippen LogP contribution in [-0.2, 0) is 6.42 Å². The second kappa shape index (κ2) is 8.78. The van der Waals surface area contributed by atoms with Crippen LogP contribution in [0.2, 0.25) is 0 Å². The molecule has 1 saturated carbocycles. The maximum Gasteiger partial charge on any atom is 0.187 e. The van der Waals surface area contributed by atoms with Gasteiger partial charge >= 0.3 is 0 Å². The molecule has 2 rings (SSSR count). The third kappa shape index (κ3) is 6.25. The summed E-state index contributed by atoms with van der Waals surface area (Å²) >= 11 is 5.30. The smallest absolute Gasteiger partial charge is 0.187 e. The third-order valence-electron chi connectivity index (χ3n) is 3.91. The summed E-state index contributed by atoms with van der Waals surface area (Å²) in [7, 11) is 0. The Kier molecular flexibility index (Phi) is 6.67. The van der Waals surface area contributed by atoms with Crippen molar-refractivity contribution in [1.29, 1.82) is 0 Å². The first-order chi connectivity index (χ1) is 10.2. The first-order valence-corrected chi connectivity index (χ1v) is 8.28. The molecular formula is C17H25N3S. The molecule has 0 heterocycles. The van der Waals surface area contributed by atoms with Crippen LogP contribution < -0.4 is 10.7 Å². The van der Waals surface area contributed by atoms with Gasteiger partial charge in [0, 0.05) is 11.8 Å². The molecule has 3 nitrogen and oxygen atoms in total. The van der Waals surface area contributed by atoms with E-state index >= 15 is 0 Å². The van der Waals surface area contributed by atoms with E-state index in [1.807, 2.05) is 13.0 Å². The summed E-state index contributed by atoms with van der Waals surface area (Å²) in [5.74, 6) is 0. The third-order valence-corrected chi connectivity index (χ3v) is 4.12. The molecule has 2 N–H and O–H groups in total. The number of hydrogen-bond donors (Lipinski definition) is 2. The largest absolute Gasteiger partial charge is 0.359 e. The van der Waals surface area contributed by atoms with Crippen molar-refractivity contribution < 1.29 is 0 Å². The minimum absolute atomic E-state index is 0.526. The normalized spacial score (nSPS) is 16.5. The van der Waals surface area contributed by atoms with E-state index in [9.17, 15) is 0 Å². The Hall–Kier alpha value is -1.42. The van der Waals surface area contributed by atoms with Crippen LogP contribution in [0.4, 0.5) is 0 Å². The zero-order valence-corrected chi connectivity index (χ0v) is 13.6. The van der Waals surface area contributed by atoms with Crippen molar-refractivity contribution in [3.05, 3.63) is 35.9 Å². The number of hydrogen-bond acceptors (Lipinski definition) is 2. The number of hydrazone groups is 1. The fourth-order valence-electron chi connectivity index (χ4n) is 2.64. The van der Waals surface area contributed by atoms with Crippen LogP contribution >= 0.6 is 12.2 Å². The number of thiocarbonyl (C=S) groups is 1. The lowest BCUT2D eigenvalue weighted by Gasteiger charge is -2.23. The topological polar surface area (TPSA) is 36.4 Å². The highest BCUT2D eigenvalue weighted by atomic mass is 32.1. The molecule has 0 aliphatic heterocycles. The van der Waals surface area contributed by atoms with Crippen LogP contribution in [0.15, 0.2) is 35.4 Å². The highest BCUT2D eigenvalue weighted by Gasteiger charge is 2.13. The molecule has 0 bridgehead atoms. The maximum absolute atomic E-state index is 5.30. The van der Waals surface area contributed by atoms with Gasteiger partial charge in [-0.2, -0.15) is 5.10 Å².